The van der Waals surface area contributed by atoms with Gasteiger partial charge in [0.2, 0.25) is 29.5 Å². The standard InChI is InChI=1S/C64H105N5O47/c1-16(76)65-31-21(81)6-63(61(98)99,114-51(31)36(85)23(83)8-70)103-15-30-38(87)44(93)45(94)58(109-30)110-49-28(13-75)108-57(34(43(49)92)68-19(4)79)113-53-39(88)25(10-72)105-59(46(53)95)111-48-27(12-74)107-56(33(42(48)91)67-18(3)78)102-14-29-41(90)50(35(55(97)104-29)69-20(5)80)112-60-47(96)54(40(89)26(11-73)106-60)116-64(62(100)101)7-22(82)32(66-17(2)77)52(115-64)37(86)24(84)9-71/h21-60,70-75,81-97H,6-15H2,1-5H3,(H,65,76)(H,66,77)(H,67,78)(H,68,79)(H,69,80)(H,98,99)(H,100,101)/t21-,22-,23+,24+,25+,26+,27+,28+,29+,30+,31+,32+,33+,34+,35+,36+,37+,38-,39-,40-,41-,42+,43+,44-,45+,46+,47+,48+,49+,50+,51+,52+,53-,54-,55+,56+,57-,58-,59-,60-,63+,64-/m0/s1. The lowest BCUT2D eigenvalue weighted by Crippen LogP contribution is -2.71. The third-order valence-electron chi connectivity index (χ3n) is 20.6. The molecule has 0 bridgehead atoms. The van der Waals surface area contributed by atoms with Crippen LogP contribution in [0, 0.1) is 0 Å². The number of hydrogen-bond donors (Lipinski definition) is 30. The maximum absolute atomic E-state index is 13.2. The first-order valence-corrected chi connectivity index (χ1v) is 36.4. The fourth-order valence-corrected chi connectivity index (χ4v) is 14.7. The number of nitrogens with one attached hydrogen (secondary N) is 5. The molecule has 0 radical (unpaired) electrons. The summed E-state index contributed by atoms with van der Waals surface area (Å²) in [6, 6.07) is -9.09. The number of carbonyl (C=O) groups excluding carboxylic acids is 5. The van der Waals surface area contributed by atoms with Crippen molar-refractivity contribution in [2.45, 2.75) is 304 Å². The van der Waals surface area contributed by atoms with Crippen LogP contribution in [-0.4, -0.2) is 479 Å². The molecule has 668 valence electrons. The largest absolute Gasteiger partial charge is 0.477 e. The molecule has 5 amide bonds. The van der Waals surface area contributed by atoms with Gasteiger partial charge in [0.1, 0.15) is 183 Å². The topological polar surface area (TPSA) is 824 Å². The summed E-state index contributed by atoms with van der Waals surface area (Å²) in [4.78, 5) is 88.7. The minimum Gasteiger partial charge on any atom is -0.477 e. The monoisotopic (exact) mass is 1700 g/mol. The second-order valence-corrected chi connectivity index (χ2v) is 29.0. The molecule has 0 saturated carbocycles. The summed E-state index contributed by atoms with van der Waals surface area (Å²) in [5.74, 6) is -15.0. The van der Waals surface area contributed by atoms with Gasteiger partial charge in [0.15, 0.2) is 37.7 Å². The molecule has 0 aromatic rings. The Hall–Kier alpha value is -5.23. The molecule has 8 saturated heterocycles. The SMILES string of the molecule is CC(=O)N[C@@H]1[C@@H](O[C@@H]2O[C@H](CO)[C@H](O)[C@H](O[C@]3(C(=O)O)C[C@H](O)[C@@H](NC(C)=O)[C@H]([C@H](O)[C@H](O)CO)O3)[C@H]2O)[C@@H](O)[C@@H](CO[C@@H]2O[C@H](CO)[C@@H](O[C@@H]3O[C@H](CO)[C@H](O)[C@H](O[C@@H]4O[C@H](CO)[C@@H](O[C@@H]5O[C@H](CO[C@]6(C(=O)O)C[C@H](O)[C@@H](NC(C)=O)[C@H]([C@H](O)[C@H](O)CO)O6)[C@H](O)[C@H](O)[C@H]5O)[C@H](O)[C@H]4NC(C)=O)[C@H]3O)[C@H](O)[C@H]2NC(C)=O)O[C@H]1O. The predicted octanol–water partition coefficient (Wildman–Crippen LogP) is -19.3. The number of amides is 5. The normalized spacial score (nSPS) is 44.6. The molecule has 8 aliphatic heterocycles. The van der Waals surface area contributed by atoms with E-state index in [4.69, 9.17) is 71.1 Å². The fourth-order valence-electron chi connectivity index (χ4n) is 14.7. The van der Waals surface area contributed by atoms with Crippen molar-refractivity contribution in [3.63, 3.8) is 0 Å². The molecule has 0 aromatic carbocycles. The lowest BCUT2D eigenvalue weighted by molar-refractivity contribution is -0.383. The maximum atomic E-state index is 13.2. The number of aliphatic hydroxyl groups excluding tert-OH is 23. The summed E-state index contributed by atoms with van der Waals surface area (Å²) in [5, 5.41) is 287. The van der Waals surface area contributed by atoms with E-state index in [-0.39, 0.29) is 0 Å². The smallest absolute Gasteiger partial charge is 0.364 e. The van der Waals surface area contributed by atoms with Gasteiger partial charge in [-0.2, -0.15) is 0 Å². The van der Waals surface area contributed by atoms with Gasteiger partial charge < -0.3 is 225 Å². The van der Waals surface area contributed by atoms with Crippen molar-refractivity contribution in [3.05, 3.63) is 0 Å². The van der Waals surface area contributed by atoms with Crippen LogP contribution in [-0.2, 0) is 105 Å². The van der Waals surface area contributed by atoms with Crippen LogP contribution < -0.4 is 26.6 Å². The second kappa shape index (κ2) is 41.1. The predicted molar refractivity (Wildman–Crippen MR) is 357 cm³/mol. The highest BCUT2D eigenvalue weighted by Gasteiger charge is 2.63. The number of carbonyl (C=O) groups is 7. The Kier molecular flexibility index (Phi) is 34.1. The zero-order chi connectivity index (χ0) is 86.3. The average molecular weight is 1700 g/mol. The van der Waals surface area contributed by atoms with Gasteiger partial charge in [0.05, 0.1) is 77.1 Å². The molecule has 8 aliphatic rings. The van der Waals surface area contributed by atoms with Crippen molar-refractivity contribution in [1.82, 2.24) is 26.6 Å². The highest BCUT2D eigenvalue weighted by molar-refractivity contribution is 5.78. The van der Waals surface area contributed by atoms with E-state index in [0.29, 0.717) is 0 Å². The molecule has 8 rings (SSSR count). The zero-order valence-electron chi connectivity index (χ0n) is 62.3. The quantitative estimate of drug-likeness (QED) is 0.0290. The molecular weight excluding hydrogens is 1590 g/mol. The maximum Gasteiger partial charge on any atom is 0.364 e. The zero-order valence-corrected chi connectivity index (χ0v) is 62.3. The van der Waals surface area contributed by atoms with E-state index in [1.807, 2.05) is 0 Å². The Balaban J connectivity index is 0.970. The summed E-state index contributed by atoms with van der Waals surface area (Å²) in [6.07, 6.45) is -77.4. The lowest BCUT2D eigenvalue weighted by Gasteiger charge is -2.51. The molecule has 0 spiro atoms. The molecule has 0 unspecified atom stereocenters. The van der Waals surface area contributed by atoms with E-state index < -0.39 is 364 Å². The summed E-state index contributed by atoms with van der Waals surface area (Å²) < 4.78 is 86.8. The van der Waals surface area contributed by atoms with Crippen LogP contribution in [0.2, 0.25) is 0 Å². The molecular formula is C64H105N5O47. The van der Waals surface area contributed by atoms with Gasteiger partial charge in [-0.25, -0.2) is 9.59 Å². The molecule has 116 heavy (non-hydrogen) atoms. The van der Waals surface area contributed by atoms with E-state index in [0.717, 1.165) is 34.6 Å². The second-order valence-electron chi connectivity index (χ2n) is 29.0. The number of carboxylic acid groups (broad SMARTS) is 2. The van der Waals surface area contributed by atoms with Gasteiger partial charge in [-0.1, -0.05) is 0 Å². The molecule has 52 nitrogen and oxygen atoms in total. The Labute approximate surface area is 655 Å². The molecule has 8 fully saturated rings. The minimum atomic E-state index is -3.27. The van der Waals surface area contributed by atoms with Crippen molar-refractivity contribution in [1.29, 1.82) is 0 Å². The average Bonchev–Trinajstić information content (AvgIpc) is 0.757. The fraction of sp³-hybridized carbons (Fsp3) is 0.891. The van der Waals surface area contributed by atoms with E-state index in [9.17, 15) is 161 Å². The van der Waals surface area contributed by atoms with Crippen LogP contribution in [0.1, 0.15) is 47.5 Å². The Morgan fingerprint density at radius 2 is 0.716 bits per heavy atom. The highest BCUT2D eigenvalue weighted by atomic mass is 16.8. The number of rotatable bonds is 33. The first-order valence-electron chi connectivity index (χ1n) is 36.4. The van der Waals surface area contributed by atoms with Gasteiger partial charge in [0.25, 0.3) is 11.6 Å². The first-order chi connectivity index (χ1) is 54.5. The third-order valence-corrected chi connectivity index (χ3v) is 20.6. The number of aliphatic hydroxyl groups is 23. The van der Waals surface area contributed by atoms with Crippen LogP contribution in [0.4, 0.5) is 0 Å². The summed E-state index contributed by atoms with van der Waals surface area (Å²) in [5.41, 5.74) is 0. The van der Waals surface area contributed by atoms with Crippen molar-refractivity contribution in [2.24, 2.45) is 0 Å². The van der Waals surface area contributed by atoms with Gasteiger partial charge in [-0.15, -0.1) is 0 Å². The number of aliphatic carboxylic acids is 2. The third kappa shape index (κ3) is 21.4. The lowest BCUT2D eigenvalue weighted by atomic mass is 9.88. The minimum absolute atomic E-state index is 0.824. The van der Waals surface area contributed by atoms with E-state index in [1.54, 1.807) is 0 Å². The molecule has 0 aliphatic carbocycles. The molecule has 0 aromatic heterocycles. The highest BCUT2D eigenvalue weighted by Crippen LogP contribution is 2.42. The van der Waals surface area contributed by atoms with E-state index in [1.165, 1.54) is 0 Å². The van der Waals surface area contributed by atoms with Gasteiger partial charge in [0, 0.05) is 47.5 Å². The van der Waals surface area contributed by atoms with Crippen LogP contribution >= 0.6 is 0 Å². The van der Waals surface area contributed by atoms with Crippen molar-refractivity contribution in [3.8, 4) is 0 Å². The van der Waals surface area contributed by atoms with Crippen LogP contribution in [0.15, 0.2) is 0 Å². The van der Waals surface area contributed by atoms with Crippen LogP contribution in [0.5, 0.6) is 0 Å². The first kappa shape index (κ1) is 96.2. The van der Waals surface area contributed by atoms with E-state index in [2.05, 4.69) is 26.6 Å². The van der Waals surface area contributed by atoms with Gasteiger partial charge >= 0.3 is 11.9 Å². The Morgan fingerprint density at radius 3 is 1.16 bits per heavy atom. The van der Waals surface area contributed by atoms with Gasteiger partial charge in [-0.3, -0.25) is 24.0 Å². The van der Waals surface area contributed by atoms with Crippen LogP contribution in [0.25, 0.3) is 0 Å². The van der Waals surface area contributed by atoms with Crippen molar-refractivity contribution < 1.29 is 232 Å². The summed E-state index contributed by atoms with van der Waals surface area (Å²) in [6.45, 7) is -4.49. The van der Waals surface area contributed by atoms with Crippen molar-refractivity contribution >= 4 is 41.5 Å². The Morgan fingerprint density at radius 1 is 0.362 bits per heavy atom. The number of ether oxygens (including phenoxy) is 15. The Bertz CT molecular complexity index is 3240. The van der Waals surface area contributed by atoms with Gasteiger partial charge in [-0.05, 0) is 0 Å². The number of carboxylic acids is 2. The van der Waals surface area contributed by atoms with E-state index >= 15 is 0 Å². The molecule has 30 N–H and O–H groups in total. The summed E-state index contributed by atoms with van der Waals surface area (Å²) >= 11 is 0. The molecule has 42 atom stereocenters. The molecule has 52 heteroatoms. The number of hydrogen-bond acceptors (Lipinski definition) is 45. The van der Waals surface area contributed by atoms with Crippen molar-refractivity contribution in [2.75, 3.05) is 52.9 Å². The van der Waals surface area contributed by atoms with Crippen LogP contribution in [0.3, 0.4) is 0 Å². The summed E-state index contributed by atoms with van der Waals surface area (Å²) in [7, 11) is 0. The molecule has 8 heterocycles.